The minimum atomic E-state index is -0.257. The number of amides is 3. The third-order valence-corrected chi connectivity index (χ3v) is 5.54. The summed E-state index contributed by atoms with van der Waals surface area (Å²) in [6, 6.07) is 11.7. The number of nitrogens with zero attached hydrogens (tertiary/aromatic N) is 4. The van der Waals surface area contributed by atoms with Crippen LogP contribution in [0.5, 0.6) is 0 Å². The molecule has 166 valence electrons. The molecule has 32 heavy (non-hydrogen) atoms. The number of piperidine rings is 1. The lowest BCUT2D eigenvalue weighted by Gasteiger charge is -2.31. The Morgan fingerprint density at radius 1 is 1.09 bits per heavy atom. The Morgan fingerprint density at radius 3 is 2.59 bits per heavy atom. The molecule has 1 fully saturated rings. The number of halogens is 1. The van der Waals surface area contributed by atoms with E-state index in [0.717, 1.165) is 0 Å². The minimum absolute atomic E-state index is 0.0418. The van der Waals surface area contributed by atoms with Crippen LogP contribution in [0.25, 0.3) is 5.82 Å². The smallest absolute Gasteiger partial charge is 0.321 e. The van der Waals surface area contributed by atoms with Gasteiger partial charge in [0.2, 0.25) is 5.91 Å². The lowest BCUT2D eigenvalue weighted by atomic mass is 9.96. The Balaban J connectivity index is 1.20. The molecular weight excluding hydrogens is 411 g/mol. The SMILES string of the molecule is O=C(NCCc1ccccc1F)C1CCN(C(=O)Nc2ccc(-n3cccn3)nc2)CC1. The van der Waals surface area contributed by atoms with Crippen LogP contribution in [0.3, 0.4) is 0 Å². The Labute approximate surface area is 185 Å². The first-order chi connectivity index (χ1) is 15.6. The Hall–Kier alpha value is -3.75. The lowest BCUT2D eigenvalue weighted by molar-refractivity contribution is -0.126. The standard InChI is InChI=1S/C23H25FN6O2/c24-20-5-2-1-4-17(20)8-12-25-22(31)18-9-14-29(15-10-18)23(32)28-19-6-7-21(26-16-19)30-13-3-11-27-30/h1-7,11,13,16,18H,8-10,12,14-15H2,(H,25,31)(H,28,32). The van der Waals surface area contributed by atoms with Crippen molar-refractivity contribution in [3.05, 3.63) is 72.4 Å². The van der Waals surface area contributed by atoms with Gasteiger partial charge in [0, 0.05) is 37.9 Å². The van der Waals surface area contributed by atoms with E-state index in [1.54, 1.807) is 58.5 Å². The van der Waals surface area contributed by atoms with Crippen molar-refractivity contribution >= 4 is 17.6 Å². The summed E-state index contributed by atoms with van der Waals surface area (Å²) in [6.07, 6.45) is 6.69. The van der Waals surface area contributed by atoms with Gasteiger partial charge in [0.25, 0.3) is 0 Å². The van der Waals surface area contributed by atoms with E-state index in [4.69, 9.17) is 0 Å². The maximum Gasteiger partial charge on any atom is 0.321 e. The number of anilines is 1. The molecule has 0 atom stereocenters. The number of benzene rings is 1. The minimum Gasteiger partial charge on any atom is -0.356 e. The van der Waals surface area contributed by atoms with E-state index in [9.17, 15) is 14.0 Å². The number of carbonyl (C=O) groups excluding carboxylic acids is 2. The zero-order valence-electron chi connectivity index (χ0n) is 17.6. The molecule has 4 rings (SSSR count). The molecule has 8 nitrogen and oxygen atoms in total. The van der Waals surface area contributed by atoms with E-state index in [1.807, 2.05) is 6.07 Å². The second kappa shape index (κ2) is 10.0. The largest absolute Gasteiger partial charge is 0.356 e. The second-order valence-corrected chi connectivity index (χ2v) is 7.68. The molecule has 1 aliphatic rings. The van der Waals surface area contributed by atoms with Gasteiger partial charge >= 0.3 is 6.03 Å². The van der Waals surface area contributed by atoms with Gasteiger partial charge in [-0.25, -0.2) is 18.9 Å². The third-order valence-electron chi connectivity index (χ3n) is 5.54. The van der Waals surface area contributed by atoms with Crippen LogP contribution in [0.1, 0.15) is 18.4 Å². The van der Waals surface area contributed by atoms with Gasteiger partial charge in [-0.3, -0.25) is 4.79 Å². The van der Waals surface area contributed by atoms with Gasteiger partial charge in [-0.05, 0) is 49.1 Å². The number of nitrogens with one attached hydrogen (secondary N) is 2. The predicted octanol–water partition coefficient (Wildman–Crippen LogP) is 3.01. The van der Waals surface area contributed by atoms with Gasteiger partial charge in [0.15, 0.2) is 5.82 Å². The van der Waals surface area contributed by atoms with E-state index >= 15 is 0 Å². The number of carbonyl (C=O) groups is 2. The highest BCUT2D eigenvalue weighted by Crippen LogP contribution is 2.19. The average molecular weight is 436 g/mol. The number of rotatable bonds is 6. The van der Waals surface area contributed by atoms with Crippen molar-refractivity contribution in [2.45, 2.75) is 19.3 Å². The van der Waals surface area contributed by atoms with E-state index in [2.05, 4.69) is 20.7 Å². The van der Waals surface area contributed by atoms with Crippen molar-refractivity contribution in [3.8, 4) is 5.82 Å². The molecule has 0 aliphatic carbocycles. The van der Waals surface area contributed by atoms with Crippen LogP contribution >= 0.6 is 0 Å². The van der Waals surface area contributed by atoms with Gasteiger partial charge in [-0.2, -0.15) is 5.10 Å². The second-order valence-electron chi connectivity index (χ2n) is 7.68. The van der Waals surface area contributed by atoms with E-state index < -0.39 is 0 Å². The van der Waals surface area contributed by atoms with Crippen molar-refractivity contribution in [1.29, 1.82) is 0 Å². The average Bonchev–Trinajstić information content (AvgIpc) is 3.36. The maximum atomic E-state index is 13.7. The Kier molecular flexibility index (Phi) is 6.74. The van der Waals surface area contributed by atoms with Gasteiger partial charge in [-0.15, -0.1) is 0 Å². The van der Waals surface area contributed by atoms with Crippen LogP contribution in [-0.2, 0) is 11.2 Å². The highest BCUT2D eigenvalue weighted by molar-refractivity contribution is 5.89. The van der Waals surface area contributed by atoms with E-state index in [0.29, 0.717) is 56.0 Å². The molecule has 9 heteroatoms. The van der Waals surface area contributed by atoms with Crippen LogP contribution < -0.4 is 10.6 Å². The molecular formula is C23H25FN6O2. The zero-order valence-corrected chi connectivity index (χ0v) is 17.6. The molecule has 2 aromatic heterocycles. The van der Waals surface area contributed by atoms with Gasteiger partial charge < -0.3 is 15.5 Å². The van der Waals surface area contributed by atoms with Crippen LogP contribution in [-0.4, -0.2) is 51.2 Å². The molecule has 0 bridgehead atoms. The third kappa shape index (κ3) is 5.29. The molecule has 0 saturated carbocycles. The summed E-state index contributed by atoms with van der Waals surface area (Å²) >= 11 is 0. The van der Waals surface area contributed by atoms with Gasteiger partial charge in [-0.1, -0.05) is 18.2 Å². The number of hydrogen-bond acceptors (Lipinski definition) is 4. The van der Waals surface area contributed by atoms with Crippen molar-refractivity contribution in [2.75, 3.05) is 25.0 Å². The molecule has 3 aromatic rings. The summed E-state index contributed by atoms with van der Waals surface area (Å²) in [7, 11) is 0. The number of pyridine rings is 1. The summed E-state index contributed by atoms with van der Waals surface area (Å²) < 4.78 is 15.3. The monoisotopic (exact) mass is 436 g/mol. The summed E-state index contributed by atoms with van der Waals surface area (Å²) in [5, 5.41) is 9.85. The molecule has 3 amide bonds. The van der Waals surface area contributed by atoms with Gasteiger partial charge in [0.05, 0.1) is 11.9 Å². The Morgan fingerprint density at radius 2 is 1.91 bits per heavy atom. The number of urea groups is 1. The van der Waals surface area contributed by atoms with Crippen molar-refractivity contribution in [1.82, 2.24) is 25.0 Å². The summed E-state index contributed by atoms with van der Waals surface area (Å²) in [5.74, 6) is 0.219. The first kappa shape index (κ1) is 21.5. The number of likely N-dealkylation sites (tertiary alicyclic amines) is 1. The summed E-state index contributed by atoms with van der Waals surface area (Å²) in [5.41, 5.74) is 1.19. The maximum absolute atomic E-state index is 13.7. The molecule has 1 aliphatic heterocycles. The van der Waals surface area contributed by atoms with Crippen molar-refractivity contribution < 1.29 is 14.0 Å². The van der Waals surface area contributed by atoms with E-state index in [1.165, 1.54) is 6.07 Å². The first-order valence-corrected chi connectivity index (χ1v) is 10.6. The van der Waals surface area contributed by atoms with Crippen molar-refractivity contribution in [3.63, 3.8) is 0 Å². The van der Waals surface area contributed by atoms with Crippen LogP contribution in [0.15, 0.2) is 61.1 Å². The van der Waals surface area contributed by atoms with Crippen LogP contribution in [0, 0.1) is 11.7 Å². The molecule has 2 N–H and O–H groups in total. The van der Waals surface area contributed by atoms with Crippen LogP contribution in [0.4, 0.5) is 14.9 Å². The molecule has 0 spiro atoms. The summed E-state index contributed by atoms with van der Waals surface area (Å²) in [6.45, 7) is 1.38. The number of aromatic nitrogens is 3. The first-order valence-electron chi connectivity index (χ1n) is 10.6. The fourth-order valence-corrected chi connectivity index (χ4v) is 3.71. The highest BCUT2D eigenvalue weighted by Gasteiger charge is 2.27. The van der Waals surface area contributed by atoms with E-state index in [-0.39, 0.29) is 23.7 Å². The zero-order chi connectivity index (χ0) is 22.3. The lowest BCUT2D eigenvalue weighted by Crippen LogP contribution is -2.44. The van der Waals surface area contributed by atoms with Crippen LogP contribution in [0.2, 0.25) is 0 Å². The molecule has 3 heterocycles. The molecule has 1 saturated heterocycles. The topological polar surface area (TPSA) is 92.2 Å². The normalized spacial score (nSPS) is 14.2. The Bertz CT molecular complexity index is 1050. The van der Waals surface area contributed by atoms with Crippen molar-refractivity contribution in [2.24, 2.45) is 5.92 Å². The fraction of sp³-hybridized carbons (Fsp3) is 0.304. The fourth-order valence-electron chi connectivity index (χ4n) is 3.71. The molecule has 0 radical (unpaired) electrons. The molecule has 0 unspecified atom stereocenters. The number of hydrogen-bond donors (Lipinski definition) is 2. The quantitative estimate of drug-likeness (QED) is 0.621. The highest BCUT2D eigenvalue weighted by atomic mass is 19.1. The predicted molar refractivity (Wildman–Crippen MR) is 118 cm³/mol. The molecule has 1 aromatic carbocycles. The van der Waals surface area contributed by atoms with Gasteiger partial charge in [0.1, 0.15) is 5.82 Å². The summed E-state index contributed by atoms with van der Waals surface area (Å²) in [4.78, 5) is 31.0.